The SMILES string of the molecule is COc1c(Cl)cc2c(c1CC1CCCNC1)OCCCO2. The Balaban J connectivity index is 1.96. The Hall–Kier alpha value is -1.13. The summed E-state index contributed by atoms with van der Waals surface area (Å²) in [7, 11) is 1.66. The van der Waals surface area contributed by atoms with Crippen molar-refractivity contribution in [1.29, 1.82) is 0 Å². The molecule has 0 amide bonds. The van der Waals surface area contributed by atoms with Gasteiger partial charge in [-0.2, -0.15) is 0 Å². The molecule has 0 aliphatic carbocycles. The molecule has 5 heteroatoms. The second-order valence-corrected chi connectivity index (χ2v) is 6.07. The number of piperidine rings is 1. The fourth-order valence-electron chi connectivity index (χ4n) is 3.12. The topological polar surface area (TPSA) is 39.7 Å². The van der Waals surface area contributed by atoms with Gasteiger partial charge < -0.3 is 19.5 Å². The first-order valence-electron chi connectivity index (χ1n) is 7.65. The third-order valence-corrected chi connectivity index (χ3v) is 4.42. The van der Waals surface area contributed by atoms with Crippen molar-refractivity contribution in [3.63, 3.8) is 0 Å². The molecule has 1 saturated heterocycles. The summed E-state index contributed by atoms with van der Waals surface area (Å²) in [6.07, 6.45) is 4.23. The molecule has 1 aromatic rings. The van der Waals surface area contributed by atoms with Crippen molar-refractivity contribution in [2.75, 3.05) is 33.4 Å². The van der Waals surface area contributed by atoms with E-state index in [0.717, 1.165) is 48.7 Å². The maximum Gasteiger partial charge on any atom is 0.168 e. The summed E-state index contributed by atoms with van der Waals surface area (Å²) >= 11 is 6.36. The number of ether oxygens (including phenoxy) is 3. The average Bonchev–Trinajstić information content (AvgIpc) is 2.73. The highest BCUT2D eigenvalue weighted by molar-refractivity contribution is 6.32. The average molecular weight is 312 g/mol. The van der Waals surface area contributed by atoms with Gasteiger partial charge in [0, 0.05) is 18.1 Å². The van der Waals surface area contributed by atoms with E-state index in [0.29, 0.717) is 24.2 Å². The van der Waals surface area contributed by atoms with Crippen LogP contribution in [0.15, 0.2) is 6.07 Å². The predicted octanol–water partition coefficient (Wildman–Crippen LogP) is 3.05. The summed E-state index contributed by atoms with van der Waals surface area (Å²) in [6.45, 7) is 3.49. The van der Waals surface area contributed by atoms with Crippen molar-refractivity contribution in [2.45, 2.75) is 25.7 Å². The normalized spacial score (nSPS) is 21.7. The van der Waals surface area contributed by atoms with Crippen LogP contribution in [-0.2, 0) is 6.42 Å². The Bertz CT molecular complexity index is 501. The standard InChI is InChI=1S/C16H22ClNO3/c1-19-15-12(8-11-4-2-5-18-10-11)16-14(9-13(15)17)20-6-3-7-21-16/h9,11,18H,2-8,10H2,1H3. The van der Waals surface area contributed by atoms with Crippen LogP contribution in [-0.4, -0.2) is 33.4 Å². The summed E-state index contributed by atoms with van der Waals surface area (Å²) in [4.78, 5) is 0. The van der Waals surface area contributed by atoms with Gasteiger partial charge in [0.25, 0.3) is 0 Å². The number of fused-ring (bicyclic) bond motifs is 1. The number of hydrogen-bond acceptors (Lipinski definition) is 4. The molecule has 4 nitrogen and oxygen atoms in total. The lowest BCUT2D eigenvalue weighted by Gasteiger charge is -2.25. The molecule has 1 N–H and O–H groups in total. The maximum absolute atomic E-state index is 6.36. The largest absolute Gasteiger partial charge is 0.495 e. The molecule has 1 aromatic carbocycles. The van der Waals surface area contributed by atoms with Crippen LogP contribution in [0.1, 0.15) is 24.8 Å². The summed E-state index contributed by atoms with van der Waals surface area (Å²) in [5.74, 6) is 2.88. The Morgan fingerprint density at radius 1 is 1.33 bits per heavy atom. The maximum atomic E-state index is 6.36. The lowest BCUT2D eigenvalue weighted by atomic mass is 9.91. The van der Waals surface area contributed by atoms with E-state index in [4.69, 9.17) is 25.8 Å². The van der Waals surface area contributed by atoms with Crippen LogP contribution in [0.2, 0.25) is 5.02 Å². The van der Waals surface area contributed by atoms with Gasteiger partial charge in [0.05, 0.1) is 25.3 Å². The minimum Gasteiger partial charge on any atom is -0.495 e. The smallest absolute Gasteiger partial charge is 0.168 e. The van der Waals surface area contributed by atoms with E-state index >= 15 is 0 Å². The van der Waals surface area contributed by atoms with Crippen molar-refractivity contribution < 1.29 is 14.2 Å². The number of methoxy groups -OCH3 is 1. The molecule has 2 aliphatic heterocycles. The van der Waals surface area contributed by atoms with Gasteiger partial charge >= 0.3 is 0 Å². The molecule has 21 heavy (non-hydrogen) atoms. The predicted molar refractivity (Wildman–Crippen MR) is 82.9 cm³/mol. The zero-order chi connectivity index (χ0) is 14.7. The summed E-state index contributed by atoms with van der Waals surface area (Å²) in [5.41, 5.74) is 1.05. The highest BCUT2D eigenvalue weighted by Gasteiger charge is 2.25. The molecular formula is C16H22ClNO3. The van der Waals surface area contributed by atoms with Gasteiger partial charge in [-0.25, -0.2) is 0 Å². The van der Waals surface area contributed by atoms with Crippen LogP contribution < -0.4 is 19.5 Å². The van der Waals surface area contributed by atoms with E-state index in [1.807, 2.05) is 6.07 Å². The number of nitrogens with one attached hydrogen (secondary N) is 1. The summed E-state index contributed by atoms with van der Waals surface area (Å²) in [6, 6.07) is 1.81. The zero-order valence-electron chi connectivity index (χ0n) is 12.4. The number of rotatable bonds is 3. The number of benzene rings is 1. The molecule has 1 fully saturated rings. The molecule has 2 heterocycles. The van der Waals surface area contributed by atoms with Crippen molar-refractivity contribution in [3.8, 4) is 17.2 Å². The van der Waals surface area contributed by atoms with E-state index < -0.39 is 0 Å². The highest BCUT2D eigenvalue weighted by Crippen LogP contribution is 2.45. The molecular weight excluding hydrogens is 290 g/mol. The van der Waals surface area contributed by atoms with E-state index in [9.17, 15) is 0 Å². The minimum atomic E-state index is 0.585. The first-order valence-corrected chi connectivity index (χ1v) is 8.03. The van der Waals surface area contributed by atoms with Gasteiger partial charge in [-0.05, 0) is 38.3 Å². The second-order valence-electron chi connectivity index (χ2n) is 5.66. The third kappa shape index (κ3) is 3.22. The van der Waals surface area contributed by atoms with Crippen molar-refractivity contribution in [1.82, 2.24) is 5.32 Å². The molecule has 0 saturated carbocycles. The lowest BCUT2D eigenvalue weighted by Crippen LogP contribution is -2.31. The lowest BCUT2D eigenvalue weighted by molar-refractivity contribution is 0.293. The van der Waals surface area contributed by atoms with Crippen LogP contribution in [0.25, 0.3) is 0 Å². The van der Waals surface area contributed by atoms with Crippen LogP contribution >= 0.6 is 11.6 Å². The quantitative estimate of drug-likeness (QED) is 0.931. The van der Waals surface area contributed by atoms with Gasteiger partial charge in [-0.3, -0.25) is 0 Å². The van der Waals surface area contributed by atoms with Crippen LogP contribution in [0.4, 0.5) is 0 Å². The molecule has 0 aromatic heterocycles. The van der Waals surface area contributed by atoms with Crippen LogP contribution in [0.5, 0.6) is 17.2 Å². The van der Waals surface area contributed by atoms with Crippen molar-refractivity contribution >= 4 is 11.6 Å². The molecule has 0 radical (unpaired) electrons. The highest BCUT2D eigenvalue weighted by atomic mass is 35.5. The van der Waals surface area contributed by atoms with Gasteiger partial charge in [0.1, 0.15) is 5.75 Å². The van der Waals surface area contributed by atoms with Gasteiger partial charge in [-0.15, -0.1) is 0 Å². The molecule has 1 atom stereocenters. The van der Waals surface area contributed by atoms with Gasteiger partial charge in [0.15, 0.2) is 11.5 Å². The first kappa shape index (κ1) is 14.8. The summed E-state index contributed by atoms with van der Waals surface area (Å²) < 4.78 is 17.2. The first-order chi connectivity index (χ1) is 10.3. The zero-order valence-corrected chi connectivity index (χ0v) is 13.2. The van der Waals surface area contributed by atoms with E-state index in [2.05, 4.69) is 5.32 Å². The minimum absolute atomic E-state index is 0.585. The van der Waals surface area contributed by atoms with Crippen molar-refractivity contribution in [2.24, 2.45) is 5.92 Å². The van der Waals surface area contributed by atoms with Crippen LogP contribution in [0.3, 0.4) is 0 Å². The molecule has 3 rings (SSSR count). The number of halogens is 1. The van der Waals surface area contributed by atoms with E-state index in [-0.39, 0.29) is 0 Å². The monoisotopic (exact) mass is 311 g/mol. The Labute approximate surface area is 130 Å². The molecule has 1 unspecified atom stereocenters. The second kappa shape index (κ2) is 6.75. The third-order valence-electron chi connectivity index (χ3n) is 4.14. The molecule has 0 spiro atoms. The molecule has 116 valence electrons. The van der Waals surface area contributed by atoms with Gasteiger partial charge in [-0.1, -0.05) is 11.6 Å². The van der Waals surface area contributed by atoms with Crippen LogP contribution in [0, 0.1) is 5.92 Å². The Morgan fingerprint density at radius 3 is 2.95 bits per heavy atom. The molecule has 2 aliphatic rings. The van der Waals surface area contributed by atoms with Crippen molar-refractivity contribution in [3.05, 3.63) is 16.7 Å². The Kier molecular flexibility index (Phi) is 4.76. The fourth-order valence-corrected chi connectivity index (χ4v) is 3.41. The Morgan fingerprint density at radius 2 is 2.19 bits per heavy atom. The van der Waals surface area contributed by atoms with E-state index in [1.165, 1.54) is 12.8 Å². The molecule has 0 bridgehead atoms. The number of hydrogen-bond donors (Lipinski definition) is 1. The van der Waals surface area contributed by atoms with Gasteiger partial charge in [0.2, 0.25) is 0 Å². The fraction of sp³-hybridized carbons (Fsp3) is 0.625. The van der Waals surface area contributed by atoms with E-state index in [1.54, 1.807) is 7.11 Å². The summed E-state index contributed by atoms with van der Waals surface area (Å²) in [5, 5.41) is 4.05.